The Kier molecular flexibility index (Phi) is 7.08. The third-order valence-electron chi connectivity index (χ3n) is 7.99. The van der Waals surface area contributed by atoms with Crippen molar-refractivity contribution in [3.8, 4) is 39.7 Å². The fourth-order valence-corrected chi connectivity index (χ4v) is 6.15. The Hall–Kier alpha value is -5.56. The van der Waals surface area contributed by atoms with Gasteiger partial charge in [-0.3, -0.25) is 9.10 Å². The van der Waals surface area contributed by atoms with E-state index in [0.29, 0.717) is 50.2 Å². The lowest BCUT2D eigenvalue weighted by Gasteiger charge is -2.23. The summed E-state index contributed by atoms with van der Waals surface area (Å²) in [6.07, 6.45) is 2.42. The molecule has 3 aromatic heterocycles. The molecule has 13 heteroatoms. The van der Waals surface area contributed by atoms with Crippen LogP contribution in [0.25, 0.3) is 55.8 Å². The van der Waals surface area contributed by atoms with Crippen LogP contribution in [0.2, 0.25) is 0 Å². The highest BCUT2D eigenvalue weighted by Crippen LogP contribution is 2.44. The Bertz CT molecular complexity index is 2380. The normalized spacial score (nSPS) is 12.7. The van der Waals surface area contributed by atoms with Crippen molar-refractivity contribution in [1.82, 2.24) is 14.5 Å². The van der Waals surface area contributed by atoms with Crippen molar-refractivity contribution in [2.75, 3.05) is 31.7 Å². The van der Waals surface area contributed by atoms with E-state index in [0.717, 1.165) is 10.6 Å². The first-order chi connectivity index (χ1) is 22.4. The van der Waals surface area contributed by atoms with E-state index in [2.05, 4.69) is 4.99 Å². The molecule has 0 radical (unpaired) electrons. The minimum atomic E-state index is -3.78. The SMILES string of the molecule is CN(C)C=NC(=O)c1c(-c2ccc(F)cc2)oc2cc(N(C)S(C)(=O)=O)c(-c3ccc4c(n3)-c3cc5c(F)cccc5n3CO4)cc12. The predicted molar refractivity (Wildman–Crippen MR) is 176 cm³/mol. The second-order valence-electron chi connectivity index (χ2n) is 11.4. The highest BCUT2D eigenvalue weighted by molar-refractivity contribution is 7.92. The number of hydrogen-bond acceptors (Lipinski definition) is 6. The second-order valence-corrected chi connectivity index (χ2v) is 13.4. The Labute approximate surface area is 268 Å². The van der Waals surface area contributed by atoms with Gasteiger partial charge in [0.05, 0.1) is 40.7 Å². The van der Waals surface area contributed by atoms with Gasteiger partial charge >= 0.3 is 0 Å². The van der Waals surface area contributed by atoms with Gasteiger partial charge in [-0.05, 0) is 60.7 Å². The van der Waals surface area contributed by atoms with Crippen molar-refractivity contribution in [3.05, 3.63) is 90.0 Å². The minimum Gasteiger partial charge on any atom is -0.470 e. The van der Waals surface area contributed by atoms with Gasteiger partial charge in [0, 0.05) is 49.1 Å². The molecule has 3 aromatic carbocycles. The van der Waals surface area contributed by atoms with Crippen LogP contribution in [0.15, 0.2) is 82.2 Å². The first kappa shape index (κ1) is 30.1. The Morgan fingerprint density at radius 3 is 2.49 bits per heavy atom. The van der Waals surface area contributed by atoms with Crippen molar-refractivity contribution in [3.63, 3.8) is 0 Å². The third-order valence-corrected chi connectivity index (χ3v) is 9.18. The van der Waals surface area contributed by atoms with Crippen LogP contribution in [0.3, 0.4) is 0 Å². The van der Waals surface area contributed by atoms with Crippen LogP contribution in [0.1, 0.15) is 10.4 Å². The van der Waals surface area contributed by atoms with Crippen LogP contribution in [-0.4, -0.2) is 62.5 Å². The van der Waals surface area contributed by atoms with Gasteiger partial charge in [0.15, 0.2) is 6.73 Å². The molecule has 238 valence electrons. The molecule has 0 spiro atoms. The molecule has 7 rings (SSSR count). The van der Waals surface area contributed by atoms with E-state index in [-0.39, 0.29) is 35.1 Å². The second kappa shape index (κ2) is 11.1. The van der Waals surface area contributed by atoms with E-state index in [1.54, 1.807) is 55.4 Å². The van der Waals surface area contributed by atoms with Crippen LogP contribution < -0.4 is 9.04 Å². The van der Waals surface area contributed by atoms with E-state index in [1.807, 2.05) is 4.57 Å². The van der Waals surface area contributed by atoms with Crippen LogP contribution in [-0.2, 0) is 16.8 Å². The number of aromatic nitrogens is 2. The molecular weight excluding hydrogens is 628 g/mol. The topological polar surface area (TPSA) is 110 Å². The lowest BCUT2D eigenvalue weighted by atomic mass is 10.0. The molecular formula is C34H27F2N5O5S. The fraction of sp³-hybridized carbons (Fsp3) is 0.147. The number of halogens is 2. The standard InChI is InChI=1S/C34H27F2N5O5S/c1-39(2)17-37-34(42)31-23-14-22(27(40(3)47(4,43)44)16-30(23)46-33(31)19-8-10-20(35)11-9-19)25-12-13-29-32(38-25)28-15-21-24(36)6-5-7-26(21)41(28)18-45-29/h5-17H,18H2,1-4H3. The van der Waals surface area contributed by atoms with Crippen molar-refractivity contribution in [2.24, 2.45) is 4.99 Å². The van der Waals surface area contributed by atoms with Gasteiger partial charge in [0.25, 0.3) is 5.91 Å². The number of fused-ring (bicyclic) bond motifs is 6. The summed E-state index contributed by atoms with van der Waals surface area (Å²) in [7, 11) is 1.06. The number of sulfonamides is 1. The van der Waals surface area contributed by atoms with Crippen molar-refractivity contribution >= 4 is 49.8 Å². The average molecular weight is 656 g/mol. The van der Waals surface area contributed by atoms with Gasteiger partial charge in [-0.25, -0.2) is 22.2 Å². The van der Waals surface area contributed by atoms with Crippen LogP contribution in [0.5, 0.6) is 5.75 Å². The number of ether oxygens (including phenoxy) is 1. The maximum atomic E-state index is 14.7. The number of carbonyl (C=O) groups excluding carboxylic acids is 1. The number of rotatable bonds is 6. The number of aliphatic imine (C=N–C) groups is 1. The van der Waals surface area contributed by atoms with Gasteiger partial charge in [-0.2, -0.15) is 4.99 Å². The van der Waals surface area contributed by atoms with Gasteiger partial charge in [0.1, 0.15) is 34.4 Å². The van der Waals surface area contributed by atoms with E-state index < -0.39 is 21.7 Å². The van der Waals surface area contributed by atoms with Gasteiger partial charge in [-0.1, -0.05) is 6.07 Å². The summed E-state index contributed by atoms with van der Waals surface area (Å²) >= 11 is 0. The van der Waals surface area contributed by atoms with Gasteiger partial charge in [-0.15, -0.1) is 0 Å². The summed E-state index contributed by atoms with van der Waals surface area (Å²) in [4.78, 5) is 24.2. The maximum Gasteiger partial charge on any atom is 0.282 e. The minimum absolute atomic E-state index is 0.108. The van der Waals surface area contributed by atoms with Gasteiger partial charge in [0.2, 0.25) is 10.0 Å². The summed E-state index contributed by atoms with van der Waals surface area (Å²) in [6.45, 7) is 0.157. The van der Waals surface area contributed by atoms with Crippen molar-refractivity contribution in [1.29, 1.82) is 0 Å². The maximum absolute atomic E-state index is 14.7. The molecule has 1 aliphatic rings. The molecule has 0 fully saturated rings. The molecule has 0 aliphatic carbocycles. The molecule has 0 unspecified atom stereocenters. The Morgan fingerprint density at radius 2 is 1.77 bits per heavy atom. The molecule has 0 saturated heterocycles. The number of pyridine rings is 1. The summed E-state index contributed by atoms with van der Waals surface area (Å²) < 4.78 is 69.4. The van der Waals surface area contributed by atoms with Crippen LogP contribution >= 0.6 is 0 Å². The number of carbonyl (C=O) groups is 1. The molecule has 1 aliphatic heterocycles. The first-order valence-electron chi connectivity index (χ1n) is 14.4. The van der Waals surface area contributed by atoms with E-state index >= 15 is 0 Å². The van der Waals surface area contributed by atoms with Crippen LogP contribution in [0.4, 0.5) is 14.5 Å². The fourth-order valence-electron chi connectivity index (χ4n) is 5.64. The molecule has 4 heterocycles. The highest BCUT2D eigenvalue weighted by atomic mass is 32.2. The molecule has 0 bridgehead atoms. The molecule has 6 aromatic rings. The number of benzene rings is 3. The first-order valence-corrected chi connectivity index (χ1v) is 16.2. The molecule has 10 nitrogen and oxygen atoms in total. The molecule has 47 heavy (non-hydrogen) atoms. The summed E-state index contributed by atoms with van der Waals surface area (Å²) in [5.41, 5.74) is 3.40. The highest BCUT2D eigenvalue weighted by Gasteiger charge is 2.28. The zero-order valence-corrected chi connectivity index (χ0v) is 26.5. The molecule has 1 amide bonds. The van der Waals surface area contributed by atoms with Crippen LogP contribution in [0, 0.1) is 11.6 Å². The zero-order chi connectivity index (χ0) is 33.2. The zero-order valence-electron chi connectivity index (χ0n) is 25.7. The molecule has 0 atom stereocenters. The van der Waals surface area contributed by atoms with E-state index in [4.69, 9.17) is 14.1 Å². The monoisotopic (exact) mass is 655 g/mol. The van der Waals surface area contributed by atoms with Crippen molar-refractivity contribution < 1.29 is 31.1 Å². The smallest absolute Gasteiger partial charge is 0.282 e. The number of nitrogens with zero attached hydrogens (tertiary/aromatic N) is 5. The van der Waals surface area contributed by atoms with E-state index in [9.17, 15) is 22.0 Å². The Morgan fingerprint density at radius 1 is 1.00 bits per heavy atom. The average Bonchev–Trinajstić information content (AvgIpc) is 3.62. The van der Waals surface area contributed by atoms with Crippen molar-refractivity contribution in [2.45, 2.75) is 6.73 Å². The lowest BCUT2D eigenvalue weighted by Crippen LogP contribution is -2.25. The quantitative estimate of drug-likeness (QED) is 0.148. The van der Waals surface area contributed by atoms with Gasteiger partial charge < -0.3 is 18.6 Å². The largest absolute Gasteiger partial charge is 0.470 e. The molecule has 0 N–H and O–H groups in total. The summed E-state index contributed by atoms with van der Waals surface area (Å²) in [6, 6.07) is 18.5. The number of amides is 1. The predicted octanol–water partition coefficient (Wildman–Crippen LogP) is 6.54. The third kappa shape index (κ3) is 5.18. The molecule has 0 saturated carbocycles. The number of hydrogen-bond donors (Lipinski definition) is 0. The number of anilines is 1. The number of furan rings is 1. The summed E-state index contributed by atoms with van der Waals surface area (Å²) in [5.74, 6) is -0.850. The van der Waals surface area contributed by atoms with E-state index in [1.165, 1.54) is 49.8 Å². The lowest BCUT2D eigenvalue weighted by molar-refractivity contribution is 0.100. The summed E-state index contributed by atoms with van der Waals surface area (Å²) in [5, 5.41) is 0.760. The Balaban J connectivity index is 1.49.